The molecule has 6 heteroatoms. The zero-order valence-electron chi connectivity index (χ0n) is 10.5. The molecule has 0 aliphatic heterocycles. The van der Waals surface area contributed by atoms with Crippen molar-refractivity contribution in [1.29, 1.82) is 0 Å². The molecule has 0 spiro atoms. The summed E-state index contributed by atoms with van der Waals surface area (Å²) in [6.07, 6.45) is 0. The average Bonchev–Trinajstić information content (AvgIpc) is 2.46. The van der Waals surface area contributed by atoms with E-state index in [-0.39, 0.29) is 25.0 Å². The summed E-state index contributed by atoms with van der Waals surface area (Å²) in [6.45, 7) is 0. The van der Waals surface area contributed by atoms with E-state index < -0.39 is 11.9 Å². The van der Waals surface area contributed by atoms with Crippen LogP contribution >= 0.6 is 0 Å². The minimum absolute atomic E-state index is 0. The molecule has 2 aromatic carbocycles. The Morgan fingerprint density at radius 3 is 1.25 bits per heavy atom. The second kappa shape index (κ2) is 8.96. The van der Waals surface area contributed by atoms with Crippen molar-refractivity contribution >= 4 is 11.9 Å². The molecule has 0 atom stereocenters. The molecule has 0 fully saturated rings. The Morgan fingerprint density at radius 1 is 0.650 bits per heavy atom. The number of carbonyl (C=O) groups is 2. The Bertz CT molecular complexity index is 491. The van der Waals surface area contributed by atoms with E-state index in [9.17, 15) is 9.59 Å². The molecule has 0 saturated carbocycles. The van der Waals surface area contributed by atoms with E-state index >= 15 is 0 Å². The van der Waals surface area contributed by atoms with Crippen LogP contribution < -0.4 is 0 Å². The first-order valence-electron chi connectivity index (χ1n) is 5.30. The van der Waals surface area contributed by atoms with Gasteiger partial charge in [0.25, 0.3) is 0 Å². The van der Waals surface area contributed by atoms with E-state index in [1.54, 1.807) is 60.7 Å². The van der Waals surface area contributed by atoms with E-state index in [4.69, 9.17) is 0 Å². The molecule has 0 aliphatic rings. The topological polar surface area (TPSA) is 81.1 Å². The Hall–Kier alpha value is -2.04. The molecule has 98 valence electrons. The van der Waals surface area contributed by atoms with Crippen LogP contribution in [0.5, 0.6) is 0 Å². The van der Waals surface area contributed by atoms with E-state index in [0.29, 0.717) is 11.1 Å². The largest absolute Gasteiger partial charge is 2.00 e. The fourth-order valence-corrected chi connectivity index (χ4v) is 1.32. The summed E-state index contributed by atoms with van der Waals surface area (Å²) in [7, 11) is 0. The van der Waals surface area contributed by atoms with Crippen LogP contribution in [-0.4, -0.2) is 11.9 Å². The minimum atomic E-state index is -0.708. The van der Waals surface area contributed by atoms with Gasteiger partial charge in [-0.15, -0.1) is 0 Å². The van der Waals surface area contributed by atoms with Gasteiger partial charge in [0.1, 0.15) is 0 Å². The SMILES string of the molecule is O=C(OOC(=O)c1ccccc1)c1ccccc1.[O-2].[Zn+2]. The Balaban J connectivity index is 0.00000180. The van der Waals surface area contributed by atoms with Gasteiger partial charge in [0.05, 0.1) is 11.1 Å². The number of hydrogen-bond acceptors (Lipinski definition) is 4. The predicted molar refractivity (Wildman–Crippen MR) is 64.4 cm³/mol. The molecule has 0 bridgehead atoms. The fraction of sp³-hybridized carbons (Fsp3) is 0. The number of rotatable bonds is 2. The number of carbonyl (C=O) groups excluding carboxylic acids is 2. The summed E-state index contributed by atoms with van der Waals surface area (Å²) in [5.41, 5.74) is 0.636. The summed E-state index contributed by atoms with van der Waals surface area (Å²) in [5, 5.41) is 0. The maximum absolute atomic E-state index is 11.5. The summed E-state index contributed by atoms with van der Waals surface area (Å²) < 4.78 is 0. The third kappa shape index (κ3) is 4.92. The van der Waals surface area contributed by atoms with E-state index in [2.05, 4.69) is 9.78 Å². The predicted octanol–water partition coefficient (Wildman–Crippen LogP) is 2.49. The molecule has 20 heavy (non-hydrogen) atoms. The Labute approximate surface area is 128 Å². The van der Waals surface area contributed by atoms with Crippen LogP contribution in [0.15, 0.2) is 60.7 Å². The molecule has 0 radical (unpaired) electrons. The molecule has 2 rings (SSSR count). The first-order chi connectivity index (χ1) is 8.77. The smallest absolute Gasteiger partial charge is 2.00 e. The molecule has 0 saturated heterocycles. The van der Waals surface area contributed by atoms with Gasteiger partial charge in [0.15, 0.2) is 0 Å². The van der Waals surface area contributed by atoms with Crippen LogP contribution in [0.25, 0.3) is 0 Å². The molecular formula is C14H10O5Zn. The van der Waals surface area contributed by atoms with Gasteiger partial charge in [-0.3, -0.25) is 0 Å². The van der Waals surface area contributed by atoms with E-state index in [1.165, 1.54) is 0 Å². The first-order valence-corrected chi connectivity index (χ1v) is 5.30. The molecular weight excluding hydrogens is 314 g/mol. The minimum Gasteiger partial charge on any atom is -2.00 e. The quantitative estimate of drug-likeness (QED) is 0.483. The monoisotopic (exact) mass is 322 g/mol. The van der Waals surface area contributed by atoms with Gasteiger partial charge < -0.3 is 5.48 Å². The van der Waals surface area contributed by atoms with Gasteiger partial charge in [0, 0.05) is 0 Å². The van der Waals surface area contributed by atoms with Gasteiger partial charge in [-0.25, -0.2) is 19.4 Å². The third-order valence-corrected chi connectivity index (χ3v) is 2.21. The van der Waals surface area contributed by atoms with Crippen molar-refractivity contribution in [2.45, 2.75) is 0 Å². The van der Waals surface area contributed by atoms with Crippen molar-refractivity contribution in [3.05, 3.63) is 71.8 Å². The van der Waals surface area contributed by atoms with Crippen LogP contribution in [0, 0.1) is 0 Å². The molecule has 0 unspecified atom stereocenters. The third-order valence-electron chi connectivity index (χ3n) is 2.21. The van der Waals surface area contributed by atoms with E-state index in [1.807, 2.05) is 0 Å². The van der Waals surface area contributed by atoms with Gasteiger partial charge in [-0.1, -0.05) is 36.4 Å². The van der Waals surface area contributed by atoms with Gasteiger partial charge in [-0.2, -0.15) is 0 Å². The molecule has 0 heterocycles. The van der Waals surface area contributed by atoms with Crippen molar-refractivity contribution in [3.63, 3.8) is 0 Å². The molecule has 0 aromatic heterocycles. The zero-order chi connectivity index (χ0) is 12.8. The van der Waals surface area contributed by atoms with Crippen molar-refractivity contribution in [2.24, 2.45) is 0 Å². The Morgan fingerprint density at radius 2 is 0.950 bits per heavy atom. The van der Waals surface area contributed by atoms with Crippen molar-refractivity contribution < 1.29 is 44.3 Å². The maximum Gasteiger partial charge on any atom is 2.00 e. The summed E-state index contributed by atoms with van der Waals surface area (Å²) in [6, 6.07) is 16.6. The maximum atomic E-state index is 11.5. The van der Waals surface area contributed by atoms with Crippen molar-refractivity contribution in [1.82, 2.24) is 0 Å². The Kier molecular flexibility index (Phi) is 8.05. The molecule has 0 aliphatic carbocycles. The van der Waals surface area contributed by atoms with Gasteiger partial charge in [0.2, 0.25) is 0 Å². The van der Waals surface area contributed by atoms with Crippen LogP contribution in [0.3, 0.4) is 0 Å². The van der Waals surface area contributed by atoms with Crippen LogP contribution in [0.4, 0.5) is 0 Å². The summed E-state index contributed by atoms with van der Waals surface area (Å²) >= 11 is 0. The second-order valence-corrected chi connectivity index (χ2v) is 3.47. The van der Waals surface area contributed by atoms with E-state index in [0.717, 1.165) is 0 Å². The normalized spacial score (nSPS) is 8.60. The number of benzene rings is 2. The second-order valence-electron chi connectivity index (χ2n) is 3.47. The fourth-order valence-electron chi connectivity index (χ4n) is 1.32. The van der Waals surface area contributed by atoms with Crippen LogP contribution in [0.1, 0.15) is 20.7 Å². The van der Waals surface area contributed by atoms with Gasteiger partial charge in [-0.05, 0) is 24.3 Å². The summed E-state index contributed by atoms with van der Waals surface area (Å²) in [5.74, 6) is -1.42. The van der Waals surface area contributed by atoms with Crippen molar-refractivity contribution in [3.8, 4) is 0 Å². The van der Waals surface area contributed by atoms with Crippen LogP contribution in [0.2, 0.25) is 0 Å². The van der Waals surface area contributed by atoms with Crippen molar-refractivity contribution in [2.75, 3.05) is 0 Å². The average molecular weight is 324 g/mol. The molecule has 0 N–H and O–H groups in total. The van der Waals surface area contributed by atoms with Gasteiger partial charge >= 0.3 is 31.4 Å². The molecule has 5 nitrogen and oxygen atoms in total. The summed E-state index contributed by atoms with van der Waals surface area (Å²) in [4.78, 5) is 31.9. The first kappa shape index (κ1) is 18.0. The zero-order valence-corrected chi connectivity index (χ0v) is 13.5. The standard InChI is InChI=1S/C14H10O4.O.Zn/c15-13(11-7-3-1-4-8-11)17-18-14(16)12-9-5-2-6-10-12;;/h1-10H;;/q;-2;+2. The molecule has 0 amide bonds. The van der Waals surface area contributed by atoms with Crippen LogP contribution in [-0.2, 0) is 34.7 Å². The number of hydrogen-bond donors (Lipinski definition) is 0. The molecule has 2 aromatic rings.